The fourth-order valence-electron chi connectivity index (χ4n) is 4.16. The summed E-state index contributed by atoms with van der Waals surface area (Å²) in [7, 11) is 2.64. The molecule has 4 atom stereocenters. The molecule has 0 bridgehead atoms. The molecule has 1 fully saturated rings. The molecule has 0 aromatic carbocycles. The first-order chi connectivity index (χ1) is 13.9. The van der Waals surface area contributed by atoms with Crippen molar-refractivity contribution < 1.29 is 28.6 Å². The second kappa shape index (κ2) is 9.17. The molecule has 29 heavy (non-hydrogen) atoms. The Balaban J connectivity index is 1.70. The van der Waals surface area contributed by atoms with Gasteiger partial charge < -0.3 is 19.5 Å². The maximum absolute atomic E-state index is 12.5. The van der Waals surface area contributed by atoms with Crippen LogP contribution in [0.15, 0.2) is 33.9 Å². The summed E-state index contributed by atoms with van der Waals surface area (Å²) in [6.45, 7) is 3.90. The smallest absolute Gasteiger partial charge is 0.336 e. The van der Waals surface area contributed by atoms with Crippen LogP contribution in [0.1, 0.15) is 33.1 Å². The molecule has 4 unspecified atom stereocenters. The van der Waals surface area contributed by atoms with Crippen LogP contribution in [0.3, 0.4) is 0 Å². The first-order valence-electron chi connectivity index (χ1n) is 9.69. The number of thioether (sulfide) groups is 1. The van der Waals surface area contributed by atoms with E-state index in [-0.39, 0.29) is 35.8 Å². The zero-order chi connectivity index (χ0) is 21.1. The number of allylic oxidation sites excluding steroid dienone is 2. The van der Waals surface area contributed by atoms with Crippen molar-refractivity contribution in [3.8, 4) is 0 Å². The maximum Gasteiger partial charge on any atom is 0.336 e. The largest absolute Gasteiger partial charge is 0.469 e. The Labute approximate surface area is 174 Å². The van der Waals surface area contributed by atoms with Gasteiger partial charge >= 0.3 is 11.9 Å². The lowest BCUT2D eigenvalue weighted by molar-refractivity contribution is -0.146. The molecule has 1 amide bonds. The number of hydrogen-bond acceptors (Lipinski definition) is 7. The second-order valence-corrected chi connectivity index (χ2v) is 8.72. The minimum atomic E-state index is -0.524. The van der Waals surface area contributed by atoms with Crippen molar-refractivity contribution in [2.24, 2.45) is 11.8 Å². The van der Waals surface area contributed by atoms with E-state index >= 15 is 0 Å². The van der Waals surface area contributed by atoms with Gasteiger partial charge in [0.25, 0.3) is 5.91 Å². The number of esters is 2. The summed E-state index contributed by atoms with van der Waals surface area (Å²) in [5.74, 6) is -1.90. The minimum Gasteiger partial charge on any atom is -0.469 e. The molecular formula is C21H27NO6S. The summed E-state index contributed by atoms with van der Waals surface area (Å²) in [6, 6.07) is 0. The van der Waals surface area contributed by atoms with Crippen LogP contribution in [0.2, 0.25) is 0 Å². The van der Waals surface area contributed by atoms with Crippen molar-refractivity contribution in [2.45, 2.75) is 44.5 Å². The van der Waals surface area contributed by atoms with Crippen molar-refractivity contribution >= 4 is 29.6 Å². The molecule has 0 spiro atoms. The van der Waals surface area contributed by atoms with Gasteiger partial charge in [0.05, 0.1) is 36.8 Å². The molecule has 3 aliphatic rings. The Morgan fingerprint density at radius 1 is 1.17 bits per heavy atom. The third-order valence-corrected chi connectivity index (χ3v) is 7.23. The van der Waals surface area contributed by atoms with Crippen molar-refractivity contribution in [2.75, 3.05) is 20.8 Å². The van der Waals surface area contributed by atoms with Gasteiger partial charge in [0.15, 0.2) is 0 Å². The molecule has 3 rings (SSSR count). The van der Waals surface area contributed by atoms with E-state index in [2.05, 4.69) is 5.32 Å². The molecule has 7 nitrogen and oxygen atoms in total. The Kier molecular flexibility index (Phi) is 6.85. The third-order valence-electron chi connectivity index (χ3n) is 5.84. The summed E-state index contributed by atoms with van der Waals surface area (Å²) in [5, 5.41) is 3.31. The summed E-state index contributed by atoms with van der Waals surface area (Å²) in [4.78, 5) is 37.1. The SMILES string of the molecule is COC(=O)C1=C(NC(=O)COC2CC=CC(C)=C2C)SC2CCC(C(=O)OC)C12. The molecule has 2 aliphatic carbocycles. The number of nitrogens with one attached hydrogen (secondary N) is 1. The summed E-state index contributed by atoms with van der Waals surface area (Å²) in [6.07, 6.45) is 6.10. The lowest BCUT2D eigenvalue weighted by Gasteiger charge is -2.22. The first-order valence-corrected chi connectivity index (χ1v) is 10.6. The number of carbonyl (C=O) groups excluding carboxylic acids is 3. The number of hydrogen-bond donors (Lipinski definition) is 1. The van der Waals surface area contributed by atoms with E-state index in [1.807, 2.05) is 26.0 Å². The van der Waals surface area contributed by atoms with E-state index < -0.39 is 11.9 Å². The van der Waals surface area contributed by atoms with Crippen LogP contribution in [0, 0.1) is 11.8 Å². The van der Waals surface area contributed by atoms with Crippen LogP contribution in [0.4, 0.5) is 0 Å². The zero-order valence-electron chi connectivity index (χ0n) is 17.2. The van der Waals surface area contributed by atoms with E-state index in [0.717, 1.165) is 24.0 Å². The lowest BCUT2D eigenvalue weighted by atomic mass is 9.89. The van der Waals surface area contributed by atoms with Gasteiger partial charge in [-0.3, -0.25) is 9.59 Å². The molecule has 0 saturated heterocycles. The third kappa shape index (κ3) is 4.43. The van der Waals surface area contributed by atoms with Crippen LogP contribution in [-0.2, 0) is 28.6 Å². The maximum atomic E-state index is 12.5. The van der Waals surface area contributed by atoms with E-state index in [1.54, 1.807) is 0 Å². The molecule has 1 aliphatic heterocycles. The van der Waals surface area contributed by atoms with Gasteiger partial charge in [-0.2, -0.15) is 0 Å². The summed E-state index contributed by atoms with van der Waals surface area (Å²) >= 11 is 1.42. The van der Waals surface area contributed by atoms with Crippen LogP contribution >= 0.6 is 11.8 Å². The highest BCUT2D eigenvalue weighted by molar-refractivity contribution is 8.04. The van der Waals surface area contributed by atoms with E-state index in [9.17, 15) is 14.4 Å². The number of methoxy groups -OCH3 is 2. The standard InChI is InChI=1S/C21H27NO6S/c1-11-6-5-7-14(12(11)2)28-10-16(23)22-19-18(21(25)27-4)17-13(20(24)26-3)8-9-15(17)29-19/h5-6,13-15,17H,7-10H2,1-4H3,(H,22,23). The average molecular weight is 422 g/mol. The number of fused-ring (bicyclic) bond motifs is 1. The van der Waals surface area contributed by atoms with Gasteiger partial charge in [0.2, 0.25) is 0 Å². The molecule has 0 radical (unpaired) electrons. The van der Waals surface area contributed by atoms with Gasteiger partial charge in [-0.25, -0.2) is 4.79 Å². The van der Waals surface area contributed by atoms with E-state index in [1.165, 1.54) is 26.0 Å². The van der Waals surface area contributed by atoms with Crippen LogP contribution < -0.4 is 5.32 Å². The Morgan fingerprint density at radius 3 is 2.62 bits per heavy atom. The topological polar surface area (TPSA) is 90.9 Å². The van der Waals surface area contributed by atoms with Gasteiger partial charge in [-0.05, 0) is 44.3 Å². The zero-order valence-corrected chi connectivity index (χ0v) is 18.0. The molecule has 158 valence electrons. The first kappa shape index (κ1) is 21.6. The molecule has 8 heteroatoms. The van der Waals surface area contributed by atoms with Gasteiger partial charge in [0.1, 0.15) is 6.61 Å². The number of carbonyl (C=O) groups is 3. The van der Waals surface area contributed by atoms with Crippen molar-refractivity contribution in [1.29, 1.82) is 0 Å². The van der Waals surface area contributed by atoms with Crippen LogP contribution in [-0.4, -0.2) is 50.0 Å². The number of rotatable bonds is 6. The predicted octanol–water partition coefficient (Wildman–Crippen LogP) is 2.48. The highest BCUT2D eigenvalue weighted by Gasteiger charge is 2.51. The second-order valence-electron chi connectivity index (χ2n) is 7.48. The molecular weight excluding hydrogens is 394 g/mol. The van der Waals surface area contributed by atoms with E-state index in [4.69, 9.17) is 14.2 Å². The highest BCUT2D eigenvalue weighted by Crippen LogP contribution is 2.52. The Bertz CT molecular complexity index is 799. The van der Waals surface area contributed by atoms with E-state index in [0.29, 0.717) is 17.0 Å². The lowest BCUT2D eigenvalue weighted by Crippen LogP contribution is -2.31. The van der Waals surface area contributed by atoms with Crippen molar-refractivity contribution in [3.63, 3.8) is 0 Å². The van der Waals surface area contributed by atoms with Gasteiger partial charge in [0, 0.05) is 11.2 Å². The highest BCUT2D eigenvalue weighted by atomic mass is 32.2. The van der Waals surface area contributed by atoms with Crippen LogP contribution in [0.5, 0.6) is 0 Å². The van der Waals surface area contributed by atoms with Crippen LogP contribution in [0.25, 0.3) is 0 Å². The van der Waals surface area contributed by atoms with Gasteiger partial charge in [-0.15, -0.1) is 11.8 Å². The average Bonchev–Trinajstić information content (AvgIpc) is 3.26. The predicted molar refractivity (Wildman–Crippen MR) is 109 cm³/mol. The number of amides is 1. The molecule has 1 heterocycles. The molecule has 0 aromatic rings. The Morgan fingerprint density at radius 2 is 1.93 bits per heavy atom. The number of ether oxygens (including phenoxy) is 3. The van der Waals surface area contributed by atoms with Crippen molar-refractivity contribution in [3.05, 3.63) is 33.9 Å². The van der Waals surface area contributed by atoms with Crippen molar-refractivity contribution in [1.82, 2.24) is 5.32 Å². The van der Waals surface area contributed by atoms with Gasteiger partial charge in [-0.1, -0.05) is 12.2 Å². The normalized spacial score (nSPS) is 28.4. The molecule has 0 aromatic heterocycles. The molecule has 1 N–H and O–H groups in total. The fraction of sp³-hybridized carbons (Fsp3) is 0.571. The monoisotopic (exact) mass is 421 g/mol. The summed E-state index contributed by atoms with van der Waals surface area (Å²) in [5.41, 5.74) is 2.61. The molecule has 1 saturated carbocycles. The fourth-order valence-corrected chi connectivity index (χ4v) is 5.71. The quantitative estimate of drug-likeness (QED) is 0.659. The summed E-state index contributed by atoms with van der Waals surface area (Å²) < 4.78 is 15.6. The minimum absolute atomic E-state index is 0.0423. The Hall–Kier alpha value is -2.06.